The first-order valence-corrected chi connectivity index (χ1v) is 7.75. The number of carbonyl (C=O) groups excluding carboxylic acids is 1. The van der Waals surface area contributed by atoms with Crippen LogP contribution in [0, 0.1) is 16.1 Å². The lowest BCUT2D eigenvalue weighted by Gasteiger charge is -2.08. The summed E-state index contributed by atoms with van der Waals surface area (Å²) in [4.78, 5) is 28.3. The third kappa shape index (κ3) is 5.57. The smallest absolute Gasteiger partial charge is 0.251 e. The lowest BCUT2D eigenvalue weighted by Crippen LogP contribution is -2.21. The minimum atomic E-state index is -0.418. The molecule has 0 aliphatic rings. The van der Waals surface area contributed by atoms with Crippen molar-refractivity contribution in [2.45, 2.75) is 6.42 Å². The molecule has 0 fully saturated rings. The van der Waals surface area contributed by atoms with E-state index in [-0.39, 0.29) is 23.4 Å². The first-order valence-electron chi connectivity index (χ1n) is 7.34. The number of H-pyrrole nitrogens is 2. The van der Waals surface area contributed by atoms with E-state index in [1.165, 1.54) is 19.4 Å². The largest absolute Gasteiger partial charge is 0.493 e. The van der Waals surface area contributed by atoms with Gasteiger partial charge in [0.1, 0.15) is 6.07 Å². The first kappa shape index (κ1) is 18.9. The van der Waals surface area contributed by atoms with Crippen molar-refractivity contribution in [3.8, 4) is 17.6 Å². The highest BCUT2D eigenvalue weighted by Crippen LogP contribution is 2.27. The Morgan fingerprint density at radius 2 is 2.19 bits per heavy atom. The van der Waals surface area contributed by atoms with Crippen molar-refractivity contribution in [3.63, 3.8) is 0 Å². The molecule has 0 radical (unpaired) electrons. The molecule has 9 nitrogen and oxygen atoms in total. The molecule has 134 valence electrons. The van der Waals surface area contributed by atoms with Gasteiger partial charge in [-0.15, -0.1) is 0 Å². The number of benzene rings is 1. The predicted octanol–water partition coefficient (Wildman–Crippen LogP) is 1.04. The lowest BCUT2D eigenvalue weighted by molar-refractivity contribution is -0.120. The quantitative estimate of drug-likeness (QED) is 0.377. The van der Waals surface area contributed by atoms with E-state index < -0.39 is 5.91 Å². The second-order valence-corrected chi connectivity index (χ2v) is 5.35. The van der Waals surface area contributed by atoms with Crippen LogP contribution >= 0.6 is 12.2 Å². The molecule has 1 heterocycles. The van der Waals surface area contributed by atoms with E-state index in [1.54, 1.807) is 18.2 Å². The summed E-state index contributed by atoms with van der Waals surface area (Å²) < 4.78 is 10.5. The highest BCUT2D eigenvalue weighted by atomic mass is 32.1. The molecular weight excluding hydrogens is 358 g/mol. The van der Waals surface area contributed by atoms with Crippen molar-refractivity contribution < 1.29 is 14.3 Å². The van der Waals surface area contributed by atoms with Crippen LogP contribution < -0.4 is 20.5 Å². The Hall–Kier alpha value is -3.45. The summed E-state index contributed by atoms with van der Waals surface area (Å²) >= 11 is 4.84. The molecule has 1 amide bonds. The molecule has 0 atom stereocenters. The molecule has 0 aliphatic heterocycles. The normalized spacial score (nSPS) is 10.3. The summed E-state index contributed by atoms with van der Waals surface area (Å²) in [5.41, 5.74) is 3.01. The number of nitrogens with zero attached hydrogens (tertiary/aromatic N) is 2. The molecule has 1 aromatic heterocycles. The van der Waals surface area contributed by atoms with Crippen molar-refractivity contribution in [2.24, 2.45) is 5.10 Å². The number of nitriles is 1. The van der Waals surface area contributed by atoms with Gasteiger partial charge in [-0.3, -0.25) is 14.6 Å². The van der Waals surface area contributed by atoms with Crippen LogP contribution in [-0.2, 0) is 11.2 Å². The number of amides is 1. The van der Waals surface area contributed by atoms with Crippen LogP contribution in [0.5, 0.6) is 11.5 Å². The van der Waals surface area contributed by atoms with E-state index in [2.05, 4.69) is 20.5 Å². The maximum absolute atomic E-state index is 11.9. The minimum absolute atomic E-state index is 0.0742. The number of aromatic nitrogens is 2. The average molecular weight is 373 g/mol. The Labute approximate surface area is 153 Å². The van der Waals surface area contributed by atoms with Crippen molar-refractivity contribution >= 4 is 24.3 Å². The molecule has 0 saturated carbocycles. The van der Waals surface area contributed by atoms with Crippen molar-refractivity contribution in [1.29, 1.82) is 5.26 Å². The van der Waals surface area contributed by atoms with E-state index >= 15 is 0 Å². The molecule has 10 heteroatoms. The Balaban J connectivity index is 1.99. The highest BCUT2D eigenvalue weighted by molar-refractivity contribution is 7.71. The van der Waals surface area contributed by atoms with Gasteiger partial charge >= 0.3 is 0 Å². The maximum Gasteiger partial charge on any atom is 0.251 e. The van der Waals surface area contributed by atoms with Crippen LogP contribution in [0.2, 0.25) is 0 Å². The molecule has 0 aliphatic carbocycles. The van der Waals surface area contributed by atoms with E-state index in [4.69, 9.17) is 27.0 Å². The van der Waals surface area contributed by atoms with E-state index in [9.17, 15) is 9.59 Å². The summed E-state index contributed by atoms with van der Waals surface area (Å²) in [5.74, 6) is 0.449. The molecule has 0 bridgehead atoms. The second kappa shape index (κ2) is 9.14. The monoisotopic (exact) mass is 373 g/mol. The molecule has 1 aromatic carbocycles. The Morgan fingerprint density at radius 3 is 2.88 bits per heavy atom. The van der Waals surface area contributed by atoms with Gasteiger partial charge in [0.15, 0.2) is 22.9 Å². The Morgan fingerprint density at radius 1 is 1.38 bits per heavy atom. The topological polar surface area (TPSA) is 132 Å². The van der Waals surface area contributed by atoms with Crippen LogP contribution in [0.3, 0.4) is 0 Å². The molecule has 2 aromatic rings. The number of hydrogen-bond acceptors (Lipinski definition) is 7. The molecular formula is C16H15N5O4S. The van der Waals surface area contributed by atoms with Gasteiger partial charge in [-0.25, -0.2) is 5.43 Å². The van der Waals surface area contributed by atoms with Crippen molar-refractivity contribution in [2.75, 3.05) is 13.7 Å². The van der Waals surface area contributed by atoms with E-state index in [0.717, 1.165) is 0 Å². The molecule has 0 unspecified atom stereocenters. The Bertz CT molecular complexity index is 945. The summed E-state index contributed by atoms with van der Waals surface area (Å²) in [6.45, 7) is -0.0921. The average Bonchev–Trinajstić information content (AvgIpc) is 2.59. The molecule has 26 heavy (non-hydrogen) atoms. The van der Waals surface area contributed by atoms with Crippen LogP contribution in [0.1, 0.15) is 11.3 Å². The number of ether oxygens (including phenoxy) is 2. The summed E-state index contributed by atoms with van der Waals surface area (Å²) in [6, 6.07) is 8.10. The van der Waals surface area contributed by atoms with Gasteiger partial charge in [-0.2, -0.15) is 10.4 Å². The van der Waals surface area contributed by atoms with Crippen LogP contribution in [0.25, 0.3) is 0 Å². The third-order valence-corrected chi connectivity index (χ3v) is 3.25. The summed E-state index contributed by atoms with van der Waals surface area (Å²) in [5, 5.41) is 12.4. The minimum Gasteiger partial charge on any atom is -0.493 e. The third-order valence-electron chi connectivity index (χ3n) is 3.05. The van der Waals surface area contributed by atoms with Crippen LogP contribution in [0.4, 0.5) is 0 Å². The molecule has 0 saturated heterocycles. The SMILES string of the molecule is COc1cc(/C=N\NC(=O)Cc2cc(=O)[nH]c(=S)[nH]2)ccc1OCC#N. The van der Waals surface area contributed by atoms with Gasteiger partial charge in [-0.05, 0) is 36.0 Å². The van der Waals surface area contributed by atoms with E-state index in [1.807, 2.05) is 6.07 Å². The number of nitrogens with one attached hydrogen (secondary N) is 3. The summed E-state index contributed by atoms with van der Waals surface area (Å²) in [7, 11) is 1.47. The first-order chi connectivity index (χ1) is 12.5. The van der Waals surface area contributed by atoms with Crippen LogP contribution in [-0.4, -0.2) is 35.8 Å². The maximum atomic E-state index is 11.9. The van der Waals surface area contributed by atoms with Gasteiger partial charge in [0.05, 0.1) is 19.7 Å². The number of aromatic amines is 2. The summed E-state index contributed by atoms with van der Waals surface area (Å²) in [6.07, 6.45) is 1.35. The fraction of sp³-hybridized carbons (Fsp3) is 0.188. The molecule has 3 N–H and O–H groups in total. The number of carbonyl (C=O) groups is 1. The van der Waals surface area contributed by atoms with Gasteiger partial charge in [-0.1, -0.05) is 0 Å². The number of hydrazone groups is 1. The number of methoxy groups -OCH3 is 1. The van der Waals surface area contributed by atoms with Gasteiger partial charge in [0.25, 0.3) is 5.56 Å². The van der Waals surface area contributed by atoms with Gasteiger partial charge in [0.2, 0.25) is 5.91 Å². The van der Waals surface area contributed by atoms with Crippen molar-refractivity contribution in [3.05, 3.63) is 50.6 Å². The Kier molecular flexibility index (Phi) is 6.64. The van der Waals surface area contributed by atoms with Crippen molar-refractivity contribution in [1.82, 2.24) is 15.4 Å². The number of hydrogen-bond donors (Lipinski definition) is 3. The zero-order chi connectivity index (χ0) is 18.9. The second-order valence-electron chi connectivity index (χ2n) is 4.94. The van der Waals surface area contributed by atoms with Gasteiger partial charge < -0.3 is 14.5 Å². The highest BCUT2D eigenvalue weighted by Gasteiger charge is 2.06. The van der Waals surface area contributed by atoms with E-state index in [0.29, 0.717) is 22.8 Å². The fourth-order valence-corrected chi connectivity index (χ4v) is 2.23. The van der Waals surface area contributed by atoms with Gasteiger partial charge in [0, 0.05) is 11.8 Å². The number of rotatable bonds is 7. The van der Waals surface area contributed by atoms with Crippen LogP contribution in [0.15, 0.2) is 34.2 Å². The fourth-order valence-electron chi connectivity index (χ4n) is 2.00. The molecule has 0 spiro atoms. The molecule has 2 rings (SSSR count). The zero-order valence-electron chi connectivity index (χ0n) is 13.7. The lowest BCUT2D eigenvalue weighted by atomic mass is 10.2. The standard InChI is InChI=1S/C16H15N5O4S/c1-24-13-6-10(2-3-12(13)25-5-4-17)9-18-21-15(23)8-11-7-14(22)20-16(26)19-11/h2-3,6-7,9H,5,8H2,1H3,(H,21,23)(H2,19,20,22,26)/b18-9-. The predicted molar refractivity (Wildman–Crippen MR) is 95.8 cm³/mol. The zero-order valence-corrected chi connectivity index (χ0v) is 14.6.